The third-order valence-electron chi connectivity index (χ3n) is 1.72. The third kappa shape index (κ3) is 3.44. The van der Waals surface area contributed by atoms with E-state index in [4.69, 9.17) is 10.5 Å². The first kappa shape index (κ1) is 11.9. The first-order valence-electron chi connectivity index (χ1n) is 4.27. The van der Waals surface area contributed by atoms with Crippen molar-refractivity contribution in [1.82, 2.24) is 0 Å². The number of halogens is 1. The summed E-state index contributed by atoms with van der Waals surface area (Å²) in [4.78, 5) is 10.5. The number of hydrogen-bond donors (Lipinski definition) is 1. The molecule has 1 amide bonds. The molecule has 0 saturated heterocycles. The molecule has 0 aliphatic rings. The van der Waals surface area contributed by atoms with Crippen LogP contribution in [0.5, 0.6) is 0 Å². The predicted molar refractivity (Wildman–Crippen MR) is 66.1 cm³/mol. The number of rotatable bonds is 2. The molecule has 0 unspecified atom stereocenters. The molecule has 0 spiro atoms. The third-order valence-corrected chi connectivity index (χ3v) is 2.62. The van der Waals surface area contributed by atoms with E-state index in [1.807, 2.05) is 18.2 Å². The Hall–Kier alpha value is -1.22. The van der Waals surface area contributed by atoms with Gasteiger partial charge in [0.1, 0.15) is 6.61 Å². The Bertz CT molecular complexity index is 432. The summed E-state index contributed by atoms with van der Waals surface area (Å²) in [6, 6.07) is 5.71. The molecule has 0 heterocycles. The molecular formula is C11H10INO2. The van der Waals surface area contributed by atoms with E-state index in [2.05, 4.69) is 34.4 Å². The highest BCUT2D eigenvalue weighted by Crippen LogP contribution is 2.16. The molecule has 3 nitrogen and oxygen atoms in total. The van der Waals surface area contributed by atoms with Gasteiger partial charge in [0.15, 0.2) is 0 Å². The minimum absolute atomic E-state index is 0.163. The Morgan fingerprint density at radius 3 is 2.93 bits per heavy atom. The Morgan fingerprint density at radius 1 is 1.60 bits per heavy atom. The van der Waals surface area contributed by atoms with Gasteiger partial charge < -0.3 is 10.5 Å². The maximum Gasteiger partial charge on any atom is 0.404 e. The van der Waals surface area contributed by atoms with Crippen molar-refractivity contribution in [3.05, 3.63) is 32.9 Å². The van der Waals surface area contributed by atoms with Crippen LogP contribution in [0.15, 0.2) is 18.2 Å². The minimum Gasteiger partial charge on any atom is -0.445 e. The summed E-state index contributed by atoms with van der Waals surface area (Å²) in [6.45, 7) is 1.93. The number of benzene rings is 1. The van der Waals surface area contributed by atoms with Crippen molar-refractivity contribution < 1.29 is 9.53 Å². The van der Waals surface area contributed by atoms with Gasteiger partial charge in [-0.25, -0.2) is 4.79 Å². The first-order chi connectivity index (χ1) is 7.15. The van der Waals surface area contributed by atoms with E-state index in [-0.39, 0.29) is 6.61 Å². The van der Waals surface area contributed by atoms with Crippen LogP contribution in [0.4, 0.5) is 4.79 Å². The van der Waals surface area contributed by atoms with Gasteiger partial charge in [-0.1, -0.05) is 18.1 Å². The van der Waals surface area contributed by atoms with E-state index in [1.54, 1.807) is 6.92 Å². The van der Waals surface area contributed by atoms with Crippen LogP contribution in [0.1, 0.15) is 18.1 Å². The molecule has 0 aliphatic carbocycles. The highest BCUT2D eigenvalue weighted by atomic mass is 127. The second kappa shape index (κ2) is 5.61. The maximum absolute atomic E-state index is 10.5. The summed E-state index contributed by atoms with van der Waals surface area (Å²) in [5.41, 5.74) is 6.66. The van der Waals surface area contributed by atoms with E-state index in [1.165, 1.54) is 0 Å². The van der Waals surface area contributed by atoms with Gasteiger partial charge in [-0.3, -0.25) is 0 Å². The fraction of sp³-hybridized carbons (Fsp3) is 0.182. The normalized spacial score (nSPS) is 8.93. The second-order valence-electron chi connectivity index (χ2n) is 2.76. The second-order valence-corrected chi connectivity index (χ2v) is 3.92. The molecule has 2 N–H and O–H groups in total. The van der Waals surface area contributed by atoms with Gasteiger partial charge >= 0.3 is 6.09 Å². The van der Waals surface area contributed by atoms with Crippen molar-refractivity contribution in [2.75, 3.05) is 0 Å². The van der Waals surface area contributed by atoms with Gasteiger partial charge in [0.25, 0.3) is 0 Å². The lowest BCUT2D eigenvalue weighted by Crippen LogP contribution is -2.13. The van der Waals surface area contributed by atoms with Crippen molar-refractivity contribution >= 4 is 28.7 Å². The Kier molecular flexibility index (Phi) is 4.43. The number of amides is 1. The van der Waals surface area contributed by atoms with Crippen LogP contribution in [0.25, 0.3) is 0 Å². The van der Waals surface area contributed by atoms with Crippen LogP contribution in [0.3, 0.4) is 0 Å². The summed E-state index contributed by atoms with van der Waals surface area (Å²) in [7, 11) is 0. The number of primary amides is 1. The molecule has 15 heavy (non-hydrogen) atoms. The topological polar surface area (TPSA) is 52.3 Å². The number of hydrogen-bond acceptors (Lipinski definition) is 2. The van der Waals surface area contributed by atoms with Crippen molar-refractivity contribution in [3.63, 3.8) is 0 Å². The molecule has 1 rings (SSSR count). The molecule has 1 aromatic rings. The van der Waals surface area contributed by atoms with E-state index in [0.717, 1.165) is 14.7 Å². The zero-order chi connectivity index (χ0) is 11.3. The fourth-order valence-electron chi connectivity index (χ4n) is 1.10. The summed E-state index contributed by atoms with van der Waals surface area (Å²) < 4.78 is 5.77. The Labute approximate surface area is 102 Å². The number of nitrogens with two attached hydrogens (primary N) is 1. The van der Waals surface area contributed by atoms with Crippen molar-refractivity contribution in [1.29, 1.82) is 0 Å². The Morgan fingerprint density at radius 2 is 2.33 bits per heavy atom. The van der Waals surface area contributed by atoms with Gasteiger partial charge in [-0.2, -0.15) is 0 Å². The maximum atomic E-state index is 10.5. The van der Waals surface area contributed by atoms with E-state index >= 15 is 0 Å². The lowest BCUT2D eigenvalue weighted by Gasteiger charge is -2.06. The molecule has 4 heteroatoms. The van der Waals surface area contributed by atoms with Crippen LogP contribution in [0, 0.1) is 15.4 Å². The van der Waals surface area contributed by atoms with Crippen LogP contribution < -0.4 is 5.73 Å². The summed E-state index contributed by atoms with van der Waals surface area (Å²) in [5, 5.41) is 0. The first-order valence-corrected chi connectivity index (χ1v) is 5.35. The number of carbonyl (C=O) groups excluding carboxylic acids is 1. The number of ether oxygens (including phenoxy) is 1. The molecule has 0 fully saturated rings. The lowest BCUT2D eigenvalue weighted by molar-refractivity contribution is 0.150. The van der Waals surface area contributed by atoms with Crippen LogP contribution >= 0.6 is 22.6 Å². The van der Waals surface area contributed by atoms with Crippen molar-refractivity contribution in [3.8, 4) is 11.8 Å². The molecule has 0 atom stereocenters. The van der Waals surface area contributed by atoms with Gasteiger partial charge in [0.05, 0.1) is 0 Å². The molecule has 0 radical (unpaired) electrons. The highest BCUT2D eigenvalue weighted by molar-refractivity contribution is 14.1. The van der Waals surface area contributed by atoms with Crippen LogP contribution in [0.2, 0.25) is 0 Å². The SMILES string of the molecule is CC#Cc1c(I)cccc1COC(N)=O. The van der Waals surface area contributed by atoms with Crippen LogP contribution in [-0.2, 0) is 11.3 Å². The zero-order valence-electron chi connectivity index (χ0n) is 8.21. The Balaban J connectivity index is 2.98. The predicted octanol–water partition coefficient (Wildman–Crippen LogP) is 2.26. The quantitative estimate of drug-likeness (QED) is 0.672. The van der Waals surface area contributed by atoms with E-state index in [9.17, 15) is 4.79 Å². The van der Waals surface area contributed by atoms with Crippen LogP contribution in [-0.4, -0.2) is 6.09 Å². The largest absolute Gasteiger partial charge is 0.445 e. The average molecular weight is 315 g/mol. The van der Waals surface area contributed by atoms with Crippen molar-refractivity contribution in [2.45, 2.75) is 13.5 Å². The average Bonchev–Trinajstić information content (AvgIpc) is 2.19. The molecule has 0 aliphatic heterocycles. The smallest absolute Gasteiger partial charge is 0.404 e. The van der Waals surface area contributed by atoms with Gasteiger partial charge in [0, 0.05) is 14.7 Å². The molecular weight excluding hydrogens is 305 g/mol. The molecule has 0 saturated carbocycles. The fourth-order valence-corrected chi connectivity index (χ4v) is 1.79. The van der Waals surface area contributed by atoms with E-state index in [0.29, 0.717) is 0 Å². The lowest BCUT2D eigenvalue weighted by atomic mass is 10.1. The minimum atomic E-state index is -0.774. The highest BCUT2D eigenvalue weighted by Gasteiger charge is 2.05. The van der Waals surface area contributed by atoms with E-state index < -0.39 is 6.09 Å². The van der Waals surface area contributed by atoms with Gasteiger partial charge in [0.2, 0.25) is 0 Å². The molecule has 0 bridgehead atoms. The monoisotopic (exact) mass is 315 g/mol. The standard InChI is InChI=1S/C11H10INO2/c1-2-4-9-8(7-15-11(13)14)5-3-6-10(9)12/h3,5-6H,7H2,1H3,(H2,13,14). The van der Waals surface area contributed by atoms with Gasteiger partial charge in [-0.15, -0.1) is 5.92 Å². The summed E-state index contributed by atoms with van der Waals surface area (Å²) >= 11 is 2.19. The zero-order valence-corrected chi connectivity index (χ0v) is 10.4. The molecule has 1 aromatic carbocycles. The van der Waals surface area contributed by atoms with Crippen molar-refractivity contribution in [2.24, 2.45) is 5.73 Å². The summed E-state index contributed by atoms with van der Waals surface area (Å²) in [5.74, 6) is 5.80. The number of carbonyl (C=O) groups is 1. The summed E-state index contributed by atoms with van der Waals surface area (Å²) in [6.07, 6.45) is -0.774. The molecule has 78 valence electrons. The molecule has 0 aromatic heterocycles. The van der Waals surface area contributed by atoms with Gasteiger partial charge in [-0.05, 0) is 35.6 Å².